The minimum atomic E-state index is 0.103. The van der Waals surface area contributed by atoms with Crippen molar-refractivity contribution in [3.8, 4) is 0 Å². The molecule has 124 valence electrons. The van der Waals surface area contributed by atoms with Crippen molar-refractivity contribution in [2.45, 2.75) is 51.0 Å². The van der Waals surface area contributed by atoms with E-state index < -0.39 is 0 Å². The van der Waals surface area contributed by atoms with E-state index in [0.717, 1.165) is 29.0 Å². The number of quaternary nitrogens is 1. The Kier molecular flexibility index (Phi) is 3.89. The quantitative estimate of drug-likeness (QED) is 0.873. The first-order valence-corrected chi connectivity index (χ1v) is 9.29. The molecule has 0 saturated heterocycles. The van der Waals surface area contributed by atoms with Gasteiger partial charge in [0.2, 0.25) is 0 Å². The zero-order chi connectivity index (χ0) is 16.0. The number of carbonyl (C=O) groups is 1. The third kappa shape index (κ3) is 3.14. The predicted molar refractivity (Wildman–Crippen MR) is 92.5 cm³/mol. The summed E-state index contributed by atoms with van der Waals surface area (Å²) in [5.41, 5.74) is 2.25. The van der Waals surface area contributed by atoms with Crippen LogP contribution in [0, 0.1) is 24.7 Å². The summed E-state index contributed by atoms with van der Waals surface area (Å²) < 4.78 is 0. The number of halogens is 1. The van der Waals surface area contributed by atoms with Crippen LogP contribution in [0.25, 0.3) is 0 Å². The lowest BCUT2D eigenvalue weighted by atomic mass is 9.53. The van der Waals surface area contributed by atoms with Crippen molar-refractivity contribution in [2.75, 3.05) is 11.9 Å². The second-order valence-corrected chi connectivity index (χ2v) is 8.63. The number of hydrogen-bond donors (Lipinski definition) is 2. The maximum absolute atomic E-state index is 12.4. The van der Waals surface area contributed by atoms with Gasteiger partial charge in [0.05, 0.1) is 5.54 Å². The summed E-state index contributed by atoms with van der Waals surface area (Å²) in [4.78, 5) is 12.4. The van der Waals surface area contributed by atoms with Crippen molar-refractivity contribution in [1.29, 1.82) is 0 Å². The molecular weight excluding hydrogens is 308 g/mol. The molecule has 4 aliphatic carbocycles. The highest BCUT2D eigenvalue weighted by Crippen LogP contribution is 2.54. The first kappa shape index (κ1) is 15.5. The molecular formula is C19H26ClN2O+. The lowest BCUT2D eigenvalue weighted by molar-refractivity contribution is -0.729. The molecule has 0 spiro atoms. The van der Waals surface area contributed by atoms with Crippen molar-refractivity contribution >= 4 is 23.2 Å². The van der Waals surface area contributed by atoms with Crippen molar-refractivity contribution in [2.24, 2.45) is 17.8 Å². The number of aryl methyl sites for hydroxylation is 1. The van der Waals surface area contributed by atoms with E-state index in [1.807, 2.05) is 25.1 Å². The van der Waals surface area contributed by atoms with Crippen molar-refractivity contribution in [1.82, 2.24) is 0 Å². The van der Waals surface area contributed by atoms with Gasteiger partial charge in [-0.25, -0.2) is 0 Å². The van der Waals surface area contributed by atoms with Crippen LogP contribution in [-0.4, -0.2) is 18.0 Å². The predicted octanol–water partition coefficient (Wildman–Crippen LogP) is 3.12. The second kappa shape index (κ2) is 5.78. The normalized spacial score (nSPS) is 34.6. The number of rotatable bonds is 4. The molecule has 0 radical (unpaired) electrons. The summed E-state index contributed by atoms with van der Waals surface area (Å²) >= 11 is 5.97. The topological polar surface area (TPSA) is 45.7 Å². The van der Waals surface area contributed by atoms with E-state index in [2.05, 4.69) is 10.6 Å². The maximum atomic E-state index is 12.4. The average molecular weight is 334 g/mol. The smallest absolute Gasteiger partial charge is 0.279 e. The zero-order valence-corrected chi connectivity index (χ0v) is 14.5. The van der Waals surface area contributed by atoms with E-state index >= 15 is 0 Å². The third-order valence-electron chi connectivity index (χ3n) is 6.27. The van der Waals surface area contributed by atoms with Crippen LogP contribution >= 0.6 is 11.6 Å². The Morgan fingerprint density at radius 2 is 1.83 bits per heavy atom. The number of anilines is 1. The Bertz CT molecular complexity index is 593. The van der Waals surface area contributed by atoms with Gasteiger partial charge in [-0.1, -0.05) is 11.6 Å². The molecule has 1 aromatic rings. The highest BCUT2D eigenvalue weighted by Gasteiger charge is 2.53. The van der Waals surface area contributed by atoms with Crippen LogP contribution in [0.4, 0.5) is 5.69 Å². The molecule has 3 nitrogen and oxygen atoms in total. The van der Waals surface area contributed by atoms with Gasteiger partial charge in [-0.05, 0) is 67.7 Å². The summed E-state index contributed by atoms with van der Waals surface area (Å²) in [6.45, 7) is 2.51. The molecule has 4 aliphatic rings. The van der Waals surface area contributed by atoms with Crippen LogP contribution in [0.3, 0.4) is 0 Å². The van der Waals surface area contributed by atoms with E-state index in [4.69, 9.17) is 11.6 Å². The first-order chi connectivity index (χ1) is 11.0. The molecule has 4 fully saturated rings. The summed E-state index contributed by atoms with van der Waals surface area (Å²) in [6, 6.07) is 5.60. The molecule has 3 N–H and O–H groups in total. The van der Waals surface area contributed by atoms with Crippen LogP contribution in [0.15, 0.2) is 18.2 Å². The fourth-order valence-corrected chi connectivity index (χ4v) is 5.93. The summed E-state index contributed by atoms with van der Waals surface area (Å²) in [7, 11) is 0. The molecule has 5 rings (SSSR count). The second-order valence-electron chi connectivity index (χ2n) is 8.20. The van der Waals surface area contributed by atoms with Gasteiger partial charge in [-0.3, -0.25) is 4.79 Å². The van der Waals surface area contributed by atoms with Gasteiger partial charge in [-0.15, -0.1) is 0 Å². The van der Waals surface area contributed by atoms with Gasteiger partial charge in [0.15, 0.2) is 6.54 Å². The molecule has 23 heavy (non-hydrogen) atoms. The average Bonchev–Trinajstić information content (AvgIpc) is 2.47. The molecule has 4 bridgehead atoms. The van der Waals surface area contributed by atoms with Crippen LogP contribution in [0.2, 0.25) is 5.02 Å². The van der Waals surface area contributed by atoms with Gasteiger partial charge in [-0.2, -0.15) is 0 Å². The number of nitrogens with one attached hydrogen (secondary N) is 1. The number of nitrogens with two attached hydrogens (primary N) is 1. The number of hydrogen-bond acceptors (Lipinski definition) is 1. The molecule has 1 aromatic carbocycles. The van der Waals surface area contributed by atoms with Gasteiger partial charge < -0.3 is 10.6 Å². The van der Waals surface area contributed by atoms with Crippen molar-refractivity contribution in [3.63, 3.8) is 0 Å². The maximum Gasteiger partial charge on any atom is 0.279 e. The molecule has 0 aliphatic heterocycles. The Balaban J connectivity index is 1.36. The number of amides is 1. The van der Waals surface area contributed by atoms with Crippen LogP contribution < -0.4 is 10.6 Å². The minimum Gasteiger partial charge on any atom is -0.334 e. The Hall–Kier alpha value is -1.06. The fraction of sp³-hybridized carbons (Fsp3) is 0.632. The highest BCUT2D eigenvalue weighted by molar-refractivity contribution is 6.30. The van der Waals surface area contributed by atoms with E-state index in [-0.39, 0.29) is 5.91 Å². The number of carbonyl (C=O) groups excluding carboxylic acids is 1. The fourth-order valence-electron chi connectivity index (χ4n) is 5.71. The highest BCUT2D eigenvalue weighted by atomic mass is 35.5. The minimum absolute atomic E-state index is 0.103. The van der Waals surface area contributed by atoms with Crippen molar-refractivity contribution in [3.05, 3.63) is 28.8 Å². The van der Waals surface area contributed by atoms with Crippen LogP contribution in [0.5, 0.6) is 0 Å². The summed E-state index contributed by atoms with van der Waals surface area (Å²) in [5, 5.41) is 6.11. The molecule has 4 saturated carbocycles. The van der Waals surface area contributed by atoms with E-state index in [9.17, 15) is 4.79 Å². The van der Waals surface area contributed by atoms with Crippen LogP contribution in [-0.2, 0) is 4.79 Å². The Morgan fingerprint density at radius 1 is 1.22 bits per heavy atom. The summed E-state index contributed by atoms with van der Waals surface area (Å²) in [6.07, 6.45) is 8.32. The third-order valence-corrected chi connectivity index (χ3v) is 6.50. The Morgan fingerprint density at radius 3 is 2.39 bits per heavy atom. The molecule has 0 heterocycles. The van der Waals surface area contributed by atoms with Gasteiger partial charge in [0.1, 0.15) is 0 Å². The zero-order valence-electron chi connectivity index (χ0n) is 13.8. The van der Waals surface area contributed by atoms with E-state index in [0.29, 0.717) is 17.1 Å². The number of benzene rings is 1. The molecule has 0 aromatic heterocycles. The van der Waals surface area contributed by atoms with E-state index in [1.54, 1.807) is 0 Å². The standard InChI is InChI=1S/C19H25ClN2O/c1-12-4-16(20)2-3-17(12)22-18(23)11-21-19-8-13-5-14(9-19)7-15(6-13)10-19/h2-4,13-15,21H,5-11H2,1H3,(H,22,23)/p+1. The van der Waals surface area contributed by atoms with Gasteiger partial charge >= 0.3 is 0 Å². The monoisotopic (exact) mass is 333 g/mol. The molecule has 0 atom stereocenters. The molecule has 4 heteroatoms. The largest absolute Gasteiger partial charge is 0.334 e. The molecule has 1 amide bonds. The van der Waals surface area contributed by atoms with Crippen LogP contribution in [0.1, 0.15) is 44.1 Å². The van der Waals surface area contributed by atoms with Crippen molar-refractivity contribution < 1.29 is 10.1 Å². The lowest BCUT2D eigenvalue weighted by Crippen LogP contribution is -3.00. The van der Waals surface area contributed by atoms with Gasteiger partial charge in [0, 0.05) is 30.0 Å². The van der Waals surface area contributed by atoms with E-state index in [1.165, 1.54) is 38.5 Å². The lowest BCUT2D eigenvalue weighted by Gasteiger charge is -2.54. The van der Waals surface area contributed by atoms with Gasteiger partial charge in [0.25, 0.3) is 5.91 Å². The SMILES string of the molecule is Cc1cc(Cl)ccc1NC(=O)C[NH2+]C12CC3CC(CC(C3)C1)C2. The summed E-state index contributed by atoms with van der Waals surface area (Å²) in [5.74, 6) is 2.89. The first-order valence-electron chi connectivity index (χ1n) is 8.92. The Labute approximate surface area is 143 Å². The molecule has 0 unspecified atom stereocenters.